The number of amides is 2. The Kier molecular flexibility index (Phi) is 4.26. The molecule has 0 saturated carbocycles. The van der Waals surface area contributed by atoms with Crippen LogP contribution in [0.15, 0.2) is 0 Å². The number of aliphatic carboxylic acids is 1. The van der Waals surface area contributed by atoms with E-state index in [9.17, 15) is 9.59 Å². The number of carboxylic acid groups (broad SMARTS) is 1. The Bertz CT molecular complexity index is 363. The van der Waals surface area contributed by atoms with Crippen LogP contribution in [0.5, 0.6) is 0 Å². The molecule has 19 heavy (non-hydrogen) atoms. The van der Waals surface area contributed by atoms with Gasteiger partial charge in [-0.05, 0) is 18.9 Å². The van der Waals surface area contributed by atoms with E-state index in [2.05, 4.69) is 0 Å². The highest BCUT2D eigenvalue weighted by Gasteiger charge is 2.40. The molecule has 2 rings (SSSR count). The number of nitrogens with zero attached hydrogens (tertiary/aromatic N) is 2. The SMILES string of the molecule is CN(C(=O)N1CCC(CN)C1)C1COCC1C(=O)O. The zero-order valence-electron chi connectivity index (χ0n) is 11.1. The molecule has 0 radical (unpaired) electrons. The summed E-state index contributed by atoms with van der Waals surface area (Å²) in [5.41, 5.74) is 5.61. The van der Waals surface area contributed by atoms with Crippen LogP contribution in [0.2, 0.25) is 0 Å². The first-order valence-electron chi connectivity index (χ1n) is 6.57. The molecule has 3 atom stereocenters. The third-order valence-electron chi connectivity index (χ3n) is 4.06. The van der Waals surface area contributed by atoms with Crippen LogP contribution in [0.1, 0.15) is 6.42 Å². The van der Waals surface area contributed by atoms with E-state index in [1.165, 1.54) is 4.90 Å². The Morgan fingerprint density at radius 2 is 2.21 bits per heavy atom. The van der Waals surface area contributed by atoms with Gasteiger partial charge < -0.3 is 25.4 Å². The molecule has 2 heterocycles. The van der Waals surface area contributed by atoms with Crippen molar-refractivity contribution in [2.75, 3.05) is 39.9 Å². The lowest BCUT2D eigenvalue weighted by Gasteiger charge is -2.30. The normalized spacial score (nSPS) is 30.6. The first-order chi connectivity index (χ1) is 9.04. The summed E-state index contributed by atoms with van der Waals surface area (Å²) in [6, 6.07) is -0.514. The van der Waals surface area contributed by atoms with Crippen LogP contribution in [0.4, 0.5) is 4.79 Å². The predicted molar refractivity (Wildman–Crippen MR) is 67.6 cm³/mol. The Labute approximate surface area is 112 Å². The number of urea groups is 1. The zero-order chi connectivity index (χ0) is 14.0. The van der Waals surface area contributed by atoms with E-state index in [-0.39, 0.29) is 25.3 Å². The summed E-state index contributed by atoms with van der Waals surface area (Å²) in [4.78, 5) is 26.7. The zero-order valence-corrected chi connectivity index (χ0v) is 11.1. The minimum Gasteiger partial charge on any atom is -0.481 e. The average Bonchev–Trinajstić information content (AvgIpc) is 3.05. The number of carbonyl (C=O) groups excluding carboxylic acids is 1. The third-order valence-corrected chi connectivity index (χ3v) is 4.06. The van der Waals surface area contributed by atoms with Gasteiger partial charge in [-0.25, -0.2) is 4.79 Å². The van der Waals surface area contributed by atoms with Crippen LogP contribution < -0.4 is 5.73 Å². The van der Waals surface area contributed by atoms with Gasteiger partial charge in [0.1, 0.15) is 5.92 Å². The number of carboxylic acids is 1. The molecule has 2 saturated heterocycles. The molecular weight excluding hydrogens is 250 g/mol. The van der Waals surface area contributed by atoms with Gasteiger partial charge in [0, 0.05) is 20.1 Å². The van der Waals surface area contributed by atoms with Gasteiger partial charge in [-0.1, -0.05) is 0 Å². The van der Waals surface area contributed by atoms with E-state index in [1.54, 1.807) is 11.9 Å². The average molecular weight is 271 g/mol. The van der Waals surface area contributed by atoms with Gasteiger partial charge in [0.15, 0.2) is 0 Å². The minimum absolute atomic E-state index is 0.127. The maximum absolute atomic E-state index is 12.3. The summed E-state index contributed by atoms with van der Waals surface area (Å²) in [6.45, 7) is 2.38. The number of ether oxygens (including phenoxy) is 1. The molecule has 0 bridgehead atoms. The Balaban J connectivity index is 1.97. The molecule has 0 aromatic heterocycles. The topological polar surface area (TPSA) is 96.1 Å². The summed E-state index contributed by atoms with van der Waals surface area (Å²) >= 11 is 0. The monoisotopic (exact) mass is 271 g/mol. The van der Waals surface area contributed by atoms with Crippen LogP contribution in [0.25, 0.3) is 0 Å². The Morgan fingerprint density at radius 1 is 1.47 bits per heavy atom. The van der Waals surface area contributed by atoms with Crippen molar-refractivity contribution in [1.29, 1.82) is 0 Å². The van der Waals surface area contributed by atoms with Crippen molar-refractivity contribution < 1.29 is 19.4 Å². The summed E-state index contributed by atoms with van der Waals surface area (Å²) in [5.74, 6) is -1.20. The molecule has 2 amide bonds. The molecule has 108 valence electrons. The number of hydrogen-bond acceptors (Lipinski definition) is 4. The summed E-state index contributed by atoms with van der Waals surface area (Å²) in [5, 5.41) is 9.11. The molecule has 0 aromatic rings. The Morgan fingerprint density at radius 3 is 2.79 bits per heavy atom. The van der Waals surface area contributed by atoms with Gasteiger partial charge in [-0.3, -0.25) is 4.79 Å². The van der Waals surface area contributed by atoms with Crippen molar-refractivity contribution in [1.82, 2.24) is 9.80 Å². The number of hydrogen-bond donors (Lipinski definition) is 2. The van der Waals surface area contributed by atoms with E-state index < -0.39 is 11.9 Å². The molecule has 3 unspecified atom stereocenters. The maximum Gasteiger partial charge on any atom is 0.320 e. The molecule has 2 aliphatic heterocycles. The number of rotatable bonds is 3. The van der Waals surface area contributed by atoms with Crippen molar-refractivity contribution in [3.8, 4) is 0 Å². The van der Waals surface area contributed by atoms with Crippen LogP contribution in [-0.4, -0.2) is 72.8 Å². The molecule has 0 spiro atoms. The first-order valence-corrected chi connectivity index (χ1v) is 6.57. The van der Waals surface area contributed by atoms with Crippen LogP contribution in [0, 0.1) is 11.8 Å². The van der Waals surface area contributed by atoms with Crippen molar-refractivity contribution in [3.63, 3.8) is 0 Å². The lowest BCUT2D eigenvalue weighted by molar-refractivity contribution is -0.142. The third kappa shape index (κ3) is 2.82. The van der Waals surface area contributed by atoms with E-state index in [4.69, 9.17) is 15.6 Å². The highest BCUT2D eigenvalue weighted by atomic mass is 16.5. The molecule has 0 aromatic carbocycles. The second-order valence-electron chi connectivity index (χ2n) is 5.28. The van der Waals surface area contributed by atoms with E-state index >= 15 is 0 Å². The van der Waals surface area contributed by atoms with Crippen molar-refractivity contribution in [2.45, 2.75) is 12.5 Å². The molecule has 3 N–H and O–H groups in total. The van der Waals surface area contributed by atoms with E-state index in [0.29, 0.717) is 25.6 Å². The van der Waals surface area contributed by atoms with Crippen LogP contribution >= 0.6 is 0 Å². The lowest BCUT2D eigenvalue weighted by Crippen LogP contribution is -2.49. The summed E-state index contributed by atoms with van der Waals surface area (Å²) < 4.78 is 5.19. The molecule has 7 heteroatoms. The Hall–Kier alpha value is -1.34. The highest BCUT2D eigenvalue weighted by molar-refractivity contribution is 5.77. The predicted octanol–water partition coefficient (Wildman–Crippen LogP) is -0.582. The fourth-order valence-electron chi connectivity index (χ4n) is 2.72. The van der Waals surface area contributed by atoms with Crippen molar-refractivity contribution in [3.05, 3.63) is 0 Å². The van der Waals surface area contributed by atoms with Gasteiger partial charge in [0.25, 0.3) is 0 Å². The quantitative estimate of drug-likeness (QED) is 0.716. The number of likely N-dealkylation sites (tertiary alicyclic amines) is 1. The second-order valence-corrected chi connectivity index (χ2v) is 5.28. The van der Waals surface area contributed by atoms with Crippen LogP contribution in [-0.2, 0) is 9.53 Å². The van der Waals surface area contributed by atoms with Crippen molar-refractivity contribution >= 4 is 12.0 Å². The van der Waals surface area contributed by atoms with Gasteiger partial charge in [0.05, 0.1) is 19.3 Å². The summed E-state index contributed by atoms with van der Waals surface area (Å²) in [7, 11) is 1.65. The smallest absolute Gasteiger partial charge is 0.320 e. The van der Waals surface area contributed by atoms with E-state index in [1.807, 2.05) is 0 Å². The molecule has 0 aliphatic carbocycles. The second kappa shape index (κ2) is 5.75. The highest BCUT2D eigenvalue weighted by Crippen LogP contribution is 2.22. The molecule has 7 nitrogen and oxygen atoms in total. The number of carbonyl (C=O) groups is 2. The van der Waals surface area contributed by atoms with E-state index in [0.717, 1.165) is 6.42 Å². The number of likely N-dealkylation sites (N-methyl/N-ethyl adjacent to an activating group) is 1. The fraction of sp³-hybridized carbons (Fsp3) is 0.833. The molecular formula is C12H21N3O4. The van der Waals surface area contributed by atoms with Gasteiger partial charge in [0.2, 0.25) is 0 Å². The first kappa shape index (κ1) is 14.1. The fourth-order valence-corrected chi connectivity index (χ4v) is 2.72. The largest absolute Gasteiger partial charge is 0.481 e. The summed E-state index contributed by atoms with van der Waals surface area (Å²) in [6.07, 6.45) is 0.916. The molecule has 2 aliphatic rings. The lowest BCUT2D eigenvalue weighted by atomic mass is 10.0. The van der Waals surface area contributed by atoms with Gasteiger partial charge in [-0.2, -0.15) is 0 Å². The van der Waals surface area contributed by atoms with Gasteiger partial charge in [-0.15, -0.1) is 0 Å². The van der Waals surface area contributed by atoms with Gasteiger partial charge >= 0.3 is 12.0 Å². The minimum atomic E-state index is -0.914. The number of nitrogens with two attached hydrogens (primary N) is 1. The molecule has 2 fully saturated rings. The standard InChI is InChI=1S/C12H21N3O4/c1-14(10-7-19-6-9(10)11(16)17)12(18)15-3-2-8(4-13)5-15/h8-10H,2-7,13H2,1H3,(H,16,17). The van der Waals surface area contributed by atoms with Crippen molar-refractivity contribution in [2.24, 2.45) is 17.6 Å². The maximum atomic E-state index is 12.3. The van der Waals surface area contributed by atoms with Crippen LogP contribution in [0.3, 0.4) is 0 Å².